The number of nitrogens with zero attached hydrogens (tertiary/aromatic N) is 2. The maximum atomic E-state index is 13.0. The summed E-state index contributed by atoms with van der Waals surface area (Å²) in [6.07, 6.45) is 3.51. The van der Waals surface area contributed by atoms with E-state index in [-0.39, 0.29) is 11.7 Å². The van der Waals surface area contributed by atoms with Gasteiger partial charge >= 0.3 is 6.03 Å². The molecule has 25 heavy (non-hydrogen) atoms. The first-order valence-electron chi connectivity index (χ1n) is 7.85. The maximum Gasteiger partial charge on any atom is 0.329 e. The van der Waals surface area contributed by atoms with Crippen LogP contribution in [0.3, 0.4) is 0 Å². The molecule has 3 amide bonds. The van der Waals surface area contributed by atoms with Crippen molar-refractivity contribution in [2.75, 3.05) is 4.90 Å². The van der Waals surface area contributed by atoms with E-state index in [4.69, 9.17) is 0 Å². The molecule has 5 nitrogen and oxygen atoms in total. The number of urea groups is 1. The van der Waals surface area contributed by atoms with Crippen LogP contribution < -0.4 is 10.2 Å². The minimum absolute atomic E-state index is 0.305. The van der Waals surface area contributed by atoms with E-state index in [1.807, 2.05) is 24.3 Å². The van der Waals surface area contributed by atoms with Gasteiger partial charge in [0.05, 0.1) is 11.9 Å². The number of benzene rings is 2. The SMILES string of the molecule is O=C1N[C@@H](Cc2ccc(F)cc2)C(=O)N1c1cncc2ccccc12. The fourth-order valence-corrected chi connectivity index (χ4v) is 3.03. The average Bonchev–Trinajstić information content (AvgIpc) is 2.90. The molecule has 1 aromatic heterocycles. The lowest BCUT2D eigenvalue weighted by molar-refractivity contribution is -0.118. The summed E-state index contributed by atoms with van der Waals surface area (Å²) >= 11 is 0. The number of pyridine rings is 1. The van der Waals surface area contributed by atoms with Crippen molar-refractivity contribution < 1.29 is 14.0 Å². The predicted molar refractivity (Wildman–Crippen MR) is 91.7 cm³/mol. The van der Waals surface area contributed by atoms with Crippen molar-refractivity contribution in [2.45, 2.75) is 12.5 Å². The number of halogens is 1. The van der Waals surface area contributed by atoms with Gasteiger partial charge in [0.1, 0.15) is 11.9 Å². The van der Waals surface area contributed by atoms with Gasteiger partial charge in [0.25, 0.3) is 5.91 Å². The second kappa shape index (κ2) is 5.98. The number of carbonyl (C=O) groups is 2. The first-order chi connectivity index (χ1) is 12.1. The van der Waals surface area contributed by atoms with E-state index in [1.54, 1.807) is 18.3 Å². The van der Waals surface area contributed by atoms with Crippen LogP contribution in [0, 0.1) is 5.82 Å². The molecule has 1 aliphatic rings. The third-order valence-electron chi connectivity index (χ3n) is 4.26. The fraction of sp³-hybridized carbons (Fsp3) is 0.105. The van der Waals surface area contributed by atoms with Crippen LogP contribution in [0.2, 0.25) is 0 Å². The van der Waals surface area contributed by atoms with Crippen LogP contribution in [0.25, 0.3) is 10.8 Å². The van der Waals surface area contributed by atoms with Crippen LogP contribution in [0.4, 0.5) is 14.9 Å². The summed E-state index contributed by atoms with van der Waals surface area (Å²) in [6.45, 7) is 0. The Bertz CT molecular complexity index is 967. The van der Waals surface area contributed by atoms with Crippen molar-refractivity contribution in [1.29, 1.82) is 0 Å². The topological polar surface area (TPSA) is 62.3 Å². The van der Waals surface area contributed by atoms with Gasteiger partial charge in [-0.25, -0.2) is 14.1 Å². The Balaban J connectivity index is 1.66. The molecule has 1 N–H and O–H groups in total. The minimum atomic E-state index is -0.683. The first kappa shape index (κ1) is 15.3. The van der Waals surface area contributed by atoms with E-state index in [2.05, 4.69) is 10.3 Å². The monoisotopic (exact) mass is 335 g/mol. The Kier molecular flexibility index (Phi) is 3.65. The predicted octanol–water partition coefficient (Wildman–Crippen LogP) is 3.04. The van der Waals surface area contributed by atoms with Gasteiger partial charge in [0.15, 0.2) is 0 Å². The van der Waals surface area contributed by atoms with Crippen molar-refractivity contribution in [1.82, 2.24) is 10.3 Å². The van der Waals surface area contributed by atoms with Gasteiger partial charge in [0.2, 0.25) is 0 Å². The molecular weight excluding hydrogens is 321 g/mol. The van der Waals surface area contributed by atoms with Crippen LogP contribution in [0.1, 0.15) is 5.56 Å². The van der Waals surface area contributed by atoms with Gasteiger partial charge in [-0.15, -0.1) is 0 Å². The Morgan fingerprint density at radius 2 is 1.80 bits per heavy atom. The summed E-state index contributed by atoms with van der Waals surface area (Å²) < 4.78 is 13.0. The number of carbonyl (C=O) groups excluding carboxylic acids is 2. The zero-order valence-electron chi connectivity index (χ0n) is 13.1. The Hall–Kier alpha value is -3.28. The lowest BCUT2D eigenvalue weighted by Gasteiger charge is -2.15. The Morgan fingerprint density at radius 3 is 2.60 bits per heavy atom. The number of rotatable bonds is 3. The van der Waals surface area contributed by atoms with Crippen molar-refractivity contribution in [3.63, 3.8) is 0 Å². The summed E-state index contributed by atoms with van der Waals surface area (Å²) in [6, 6.07) is 12.2. The third kappa shape index (κ3) is 2.71. The van der Waals surface area contributed by atoms with Gasteiger partial charge < -0.3 is 5.32 Å². The number of fused-ring (bicyclic) bond motifs is 1. The van der Waals surface area contributed by atoms with Crippen molar-refractivity contribution in [3.05, 3.63) is 72.3 Å². The standard InChI is InChI=1S/C19H14FN3O2/c20-14-7-5-12(6-8-14)9-16-18(24)23(19(25)22-16)17-11-21-10-13-3-1-2-4-15(13)17/h1-8,10-11,16H,9H2,(H,22,25)/t16-/m0/s1. The van der Waals surface area contributed by atoms with E-state index in [0.717, 1.165) is 21.2 Å². The summed E-state index contributed by atoms with van der Waals surface area (Å²) in [4.78, 5) is 30.4. The molecule has 1 aliphatic heterocycles. The van der Waals surface area contributed by atoms with Crippen LogP contribution in [0.15, 0.2) is 60.9 Å². The van der Waals surface area contributed by atoms with Crippen LogP contribution in [0.5, 0.6) is 0 Å². The number of hydrogen-bond donors (Lipinski definition) is 1. The highest BCUT2D eigenvalue weighted by molar-refractivity contribution is 6.24. The quantitative estimate of drug-likeness (QED) is 0.748. The molecule has 0 saturated carbocycles. The largest absolute Gasteiger partial charge is 0.329 e. The highest BCUT2D eigenvalue weighted by Crippen LogP contribution is 2.28. The van der Waals surface area contributed by atoms with Crippen molar-refractivity contribution >= 4 is 28.4 Å². The van der Waals surface area contributed by atoms with E-state index in [1.165, 1.54) is 18.3 Å². The molecule has 0 spiro atoms. The molecule has 0 unspecified atom stereocenters. The maximum absolute atomic E-state index is 13.0. The molecule has 1 saturated heterocycles. The second-order valence-corrected chi connectivity index (χ2v) is 5.89. The van der Waals surface area contributed by atoms with E-state index in [9.17, 15) is 14.0 Å². The summed E-state index contributed by atoms with van der Waals surface area (Å²) in [7, 11) is 0. The van der Waals surface area contributed by atoms with E-state index in [0.29, 0.717) is 12.1 Å². The number of anilines is 1. The molecule has 2 heterocycles. The second-order valence-electron chi connectivity index (χ2n) is 5.89. The van der Waals surface area contributed by atoms with Crippen LogP contribution in [-0.4, -0.2) is 23.0 Å². The van der Waals surface area contributed by atoms with Crippen LogP contribution >= 0.6 is 0 Å². The normalized spacial score (nSPS) is 17.2. The molecule has 3 aromatic rings. The number of amides is 3. The molecular formula is C19H14FN3O2. The molecule has 124 valence electrons. The third-order valence-corrected chi connectivity index (χ3v) is 4.26. The number of imide groups is 1. The van der Waals surface area contributed by atoms with Gasteiger partial charge in [0, 0.05) is 23.4 Å². The van der Waals surface area contributed by atoms with Crippen molar-refractivity contribution in [3.8, 4) is 0 Å². The smallest absolute Gasteiger partial charge is 0.325 e. The molecule has 2 aromatic carbocycles. The molecule has 6 heteroatoms. The van der Waals surface area contributed by atoms with Gasteiger partial charge in [-0.3, -0.25) is 9.78 Å². The lowest BCUT2D eigenvalue weighted by atomic mass is 10.1. The highest BCUT2D eigenvalue weighted by Gasteiger charge is 2.39. The zero-order valence-corrected chi connectivity index (χ0v) is 13.1. The molecule has 0 radical (unpaired) electrons. The summed E-state index contributed by atoms with van der Waals surface area (Å²) in [5, 5.41) is 4.33. The fourth-order valence-electron chi connectivity index (χ4n) is 3.03. The van der Waals surface area contributed by atoms with Gasteiger partial charge in [-0.05, 0) is 17.7 Å². The summed E-state index contributed by atoms with van der Waals surface area (Å²) in [5.74, 6) is -0.679. The van der Waals surface area contributed by atoms with E-state index < -0.39 is 12.1 Å². The number of hydrogen-bond acceptors (Lipinski definition) is 3. The molecule has 0 bridgehead atoms. The number of aromatic nitrogens is 1. The molecule has 0 aliphatic carbocycles. The first-order valence-corrected chi connectivity index (χ1v) is 7.85. The van der Waals surface area contributed by atoms with Gasteiger partial charge in [-0.2, -0.15) is 0 Å². The highest BCUT2D eigenvalue weighted by atomic mass is 19.1. The minimum Gasteiger partial charge on any atom is -0.325 e. The zero-order chi connectivity index (χ0) is 17.4. The Morgan fingerprint density at radius 1 is 1.04 bits per heavy atom. The molecule has 4 rings (SSSR count). The molecule has 1 atom stereocenters. The van der Waals surface area contributed by atoms with Crippen LogP contribution in [-0.2, 0) is 11.2 Å². The van der Waals surface area contributed by atoms with Gasteiger partial charge in [-0.1, -0.05) is 36.4 Å². The number of nitrogens with one attached hydrogen (secondary N) is 1. The average molecular weight is 335 g/mol. The summed E-state index contributed by atoms with van der Waals surface area (Å²) in [5.41, 5.74) is 1.24. The molecule has 1 fully saturated rings. The van der Waals surface area contributed by atoms with E-state index >= 15 is 0 Å². The lowest BCUT2D eigenvalue weighted by Crippen LogP contribution is -2.32. The van der Waals surface area contributed by atoms with Crippen molar-refractivity contribution in [2.24, 2.45) is 0 Å². The Labute approximate surface area is 143 Å².